The Morgan fingerprint density at radius 2 is 1.69 bits per heavy atom. The molecule has 2 aromatic carbocycles. The molecule has 140 valence electrons. The minimum atomic E-state index is -3.69. The molecule has 1 N–H and O–H groups in total. The maximum Gasteiger partial charge on any atom is 0.240 e. The fraction of sp³-hybridized carbons (Fsp3) is 0.368. The van der Waals surface area contributed by atoms with Gasteiger partial charge in [0.2, 0.25) is 10.0 Å². The molecule has 0 saturated carbocycles. The van der Waals surface area contributed by atoms with Crippen LogP contribution in [0.5, 0.6) is 5.75 Å². The number of methoxy groups -OCH3 is 1. The SMILES string of the molecule is COc1ccc(C(CNS(=O)(=O)c2ccc(F)cc2)N2CCCC2)cc1. The molecule has 0 radical (unpaired) electrons. The molecule has 1 heterocycles. The molecule has 3 rings (SSSR count). The number of likely N-dealkylation sites (tertiary alicyclic amines) is 1. The summed E-state index contributed by atoms with van der Waals surface area (Å²) in [7, 11) is -2.08. The van der Waals surface area contributed by atoms with Crippen LogP contribution >= 0.6 is 0 Å². The van der Waals surface area contributed by atoms with E-state index >= 15 is 0 Å². The number of halogens is 1. The summed E-state index contributed by atoms with van der Waals surface area (Å²) < 4.78 is 46.0. The molecule has 0 spiro atoms. The van der Waals surface area contributed by atoms with Crippen molar-refractivity contribution in [1.29, 1.82) is 0 Å². The number of nitrogens with one attached hydrogen (secondary N) is 1. The minimum absolute atomic E-state index is 0.0568. The molecule has 1 aliphatic rings. The second-order valence-electron chi connectivity index (χ2n) is 6.34. The van der Waals surface area contributed by atoms with Crippen LogP contribution in [0.25, 0.3) is 0 Å². The number of sulfonamides is 1. The zero-order valence-electron chi connectivity index (χ0n) is 14.7. The van der Waals surface area contributed by atoms with Crippen LogP contribution in [0.1, 0.15) is 24.4 Å². The summed E-state index contributed by atoms with van der Waals surface area (Å²) in [5.41, 5.74) is 1.04. The summed E-state index contributed by atoms with van der Waals surface area (Å²) in [6, 6.07) is 12.5. The monoisotopic (exact) mass is 378 g/mol. The van der Waals surface area contributed by atoms with Gasteiger partial charge in [0.1, 0.15) is 11.6 Å². The Labute approximate surface area is 153 Å². The van der Waals surface area contributed by atoms with Crippen LogP contribution in [0.15, 0.2) is 53.4 Å². The maximum atomic E-state index is 13.0. The largest absolute Gasteiger partial charge is 0.497 e. The van der Waals surface area contributed by atoms with Gasteiger partial charge in [0, 0.05) is 12.6 Å². The molecule has 1 aliphatic heterocycles. The second kappa shape index (κ2) is 8.16. The van der Waals surface area contributed by atoms with Gasteiger partial charge in [-0.2, -0.15) is 0 Å². The van der Waals surface area contributed by atoms with E-state index in [-0.39, 0.29) is 17.5 Å². The third-order valence-corrected chi connectivity index (χ3v) is 6.11. The summed E-state index contributed by atoms with van der Waals surface area (Å²) in [6.45, 7) is 2.13. The number of benzene rings is 2. The molecule has 5 nitrogen and oxygen atoms in total. The van der Waals surface area contributed by atoms with E-state index in [1.54, 1.807) is 7.11 Å². The number of nitrogens with zero attached hydrogens (tertiary/aromatic N) is 1. The summed E-state index contributed by atoms with van der Waals surface area (Å²) in [6.07, 6.45) is 2.22. The van der Waals surface area contributed by atoms with Crippen molar-refractivity contribution >= 4 is 10.0 Å². The molecular weight excluding hydrogens is 355 g/mol. The number of hydrogen-bond acceptors (Lipinski definition) is 4. The highest BCUT2D eigenvalue weighted by Gasteiger charge is 2.25. The van der Waals surface area contributed by atoms with Crippen LogP contribution in [0, 0.1) is 5.82 Å². The van der Waals surface area contributed by atoms with Crippen molar-refractivity contribution in [3.05, 3.63) is 59.9 Å². The lowest BCUT2D eigenvalue weighted by Crippen LogP contribution is -2.36. The van der Waals surface area contributed by atoms with E-state index < -0.39 is 15.8 Å². The number of rotatable bonds is 7. The smallest absolute Gasteiger partial charge is 0.240 e. The van der Waals surface area contributed by atoms with Crippen molar-refractivity contribution < 1.29 is 17.5 Å². The quantitative estimate of drug-likeness (QED) is 0.805. The van der Waals surface area contributed by atoms with Crippen molar-refractivity contribution in [2.75, 3.05) is 26.7 Å². The molecule has 26 heavy (non-hydrogen) atoms. The molecule has 2 aromatic rings. The summed E-state index contributed by atoms with van der Waals surface area (Å²) in [4.78, 5) is 2.35. The van der Waals surface area contributed by atoms with Gasteiger partial charge in [0.05, 0.1) is 12.0 Å². The van der Waals surface area contributed by atoms with Gasteiger partial charge < -0.3 is 4.74 Å². The van der Waals surface area contributed by atoms with Crippen molar-refractivity contribution in [2.24, 2.45) is 0 Å². The van der Waals surface area contributed by atoms with Crippen molar-refractivity contribution in [3.63, 3.8) is 0 Å². The van der Waals surface area contributed by atoms with E-state index in [0.29, 0.717) is 0 Å². The molecular formula is C19H23FN2O3S. The van der Waals surface area contributed by atoms with E-state index in [9.17, 15) is 12.8 Å². The molecule has 7 heteroatoms. The third kappa shape index (κ3) is 4.41. The van der Waals surface area contributed by atoms with Gasteiger partial charge in [-0.3, -0.25) is 4.90 Å². The van der Waals surface area contributed by atoms with E-state index in [0.717, 1.165) is 49.4 Å². The average molecular weight is 378 g/mol. The standard InChI is InChI=1S/C19H23FN2O3S/c1-25-17-8-4-15(5-9-17)19(22-12-2-3-13-22)14-21-26(23,24)18-10-6-16(20)7-11-18/h4-11,19,21H,2-3,12-14H2,1H3. The van der Waals surface area contributed by atoms with Crippen LogP contribution in [0.4, 0.5) is 4.39 Å². The minimum Gasteiger partial charge on any atom is -0.497 e. The van der Waals surface area contributed by atoms with Gasteiger partial charge in [-0.05, 0) is 67.9 Å². The van der Waals surface area contributed by atoms with Gasteiger partial charge in [0.25, 0.3) is 0 Å². The number of ether oxygens (including phenoxy) is 1. The molecule has 1 saturated heterocycles. The highest BCUT2D eigenvalue weighted by atomic mass is 32.2. The fourth-order valence-electron chi connectivity index (χ4n) is 3.22. The molecule has 0 bridgehead atoms. The Morgan fingerprint density at radius 1 is 1.08 bits per heavy atom. The summed E-state index contributed by atoms with van der Waals surface area (Å²) in [5.74, 6) is 0.304. The number of hydrogen-bond donors (Lipinski definition) is 1. The Balaban J connectivity index is 1.78. The Hall–Kier alpha value is -1.96. The molecule has 0 aliphatic carbocycles. The van der Waals surface area contributed by atoms with Crippen molar-refractivity contribution in [1.82, 2.24) is 9.62 Å². The predicted molar refractivity (Wildman–Crippen MR) is 98.1 cm³/mol. The lowest BCUT2D eigenvalue weighted by atomic mass is 10.1. The van der Waals surface area contributed by atoms with Crippen LogP contribution in [-0.2, 0) is 10.0 Å². The highest BCUT2D eigenvalue weighted by Crippen LogP contribution is 2.26. The Bertz CT molecular complexity index is 817. The molecule has 1 fully saturated rings. The highest BCUT2D eigenvalue weighted by molar-refractivity contribution is 7.89. The summed E-state index contributed by atoms with van der Waals surface area (Å²) in [5, 5.41) is 0. The van der Waals surface area contributed by atoms with Crippen LogP contribution in [0.3, 0.4) is 0 Å². The lowest BCUT2D eigenvalue weighted by molar-refractivity contribution is 0.246. The van der Waals surface area contributed by atoms with E-state index in [4.69, 9.17) is 4.74 Å². The van der Waals surface area contributed by atoms with Gasteiger partial charge in [-0.25, -0.2) is 17.5 Å². The summed E-state index contributed by atoms with van der Waals surface area (Å²) >= 11 is 0. The predicted octanol–water partition coefficient (Wildman–Crippen LogP) is 2.95. The topological polar surface area (TPSA) is 58.6 Å². The van der Waals surface area contributed by atoms with E-state index in [1.807, 2.05) is 24.3 Å². The van der Waals surface area contributed by atoms with E-state index in [1.165, 1.54) is 12.1 Å². The molecule has 1 atom stereocenters. The fourth-order valence-corrected chi connectivity index (χ4v) is 4.26. The van der Waals surface area contributed by atoms with Crippen LogP contribution in [0.2, 0.25) is 0 Å². The van der Waals surface area contributed by atoms with E-state index in [2.05, 4.69) is 9.62 Å². The first-order valence-electron chi connectivity index (χ1n) is 8.63. The normalized spacial score (nSPS) is 16.5. The van der Waals surface area contributed by atoms with Crippen LogP contribution < -0.4 is 9.46 Å². The first-order chi connectivity index (χ1) is 12.5. The van der Waals surface area contributed by atoms with Crippen molar-refractivity contribution in [3.8, 4) is 5.75 Å². The Morgan fingerprint density at radius 3 is 2.27 bits per heavy atom. The molecule has 0 aromatic heterocycles. The zero-order valence-corrected chi connectivity index (χ0v) is 15.5. The van der Waals surface area contributed by atoms with Crippen LogP contribution in [-0.4, -0.2) is 40.1 Å². The molecule has 1 unspecified atom stereocenters. The molecule has 0 amide bonds. The first kappa shape index (κ1) is 18.8. The zero-order chi connectivity index (χ0) is 18.6. The first-order valence-corrected chi connectivity index (χ1v) is 10.1. The Kier molecular flexibility index (Phi) is 5.90. The third-order valence-electron chi connectivity index (χ3n) is 4.67. The second-order valence-corrected chi connectivity index (χ2v) is 8.10. The average Bonchev–Trinajstić information content (AvgIpc) is 3.17. The van der Waals surface area contributed by atoms with Gasteiger partial charge in [-0.1, -0.05) is 12.1 Å². The van der Waals surface area contributed by atoms with Gasteiger partial charge >= 0.3 is 0 Å². The van der Waals surface area contributed by atoms with Gasteiger partial charge in [-0.15, -0.1) is 0 Å². The van der Waals surface area contributed by atoms with Gasteiger partial charge in [0.15, 0.2) is 0 Å². The lowest BCUT2D eigenvalue weighted by Gasteiger charge is -2.28. The van der Waals surface area contributed by atoms with Crippen molar-refractivity contribution in [2.45, 2.75) is 23.8 Å². The maximum absolute atomic E-state index is 13.0.